The predicted octanol–water partition coefficient (Wildman–Crippen LogP) is -0.583. The van der Waals surface area contributed by atoms with Gasteiger partial charge in [0.25, 0.3) is 5.56 Å². The molecule has 11 nitrogen and oxygen atoms in total. The van der Waals surface area contributed by atoms with E-state index in [1.54, 1.807) is 0 Å². The van der Waals surface area contributed by atoms with Gasteiger partial charge < -0.3 is 18.9 Å². The van der Waals surface area contributed by atoms with Crippen molar-refractivity contribution >= 4 is 17.9 Å². The van der Waals surface area contributed by atoms with Crippen molar-refractivity contribution in [2.45, 2.75) is 45.6 Å². The second-order valence-corrected chi connectivity index (χ2v) is 6.36. The van der Waals surface area contributed by atoms with E-state index in [4.69, 9.17) is 14.2 Å². The Balaban J connectivity index is 2.47. The Bertz CT molecular complexity index is 872. The molecule has 0 radical (unpaired) electrons. The lowest BCUT2D eigenvalue weighted by molar-refractivity contribution is -0.156. The summed E-state index contributed by atoms with van der Waals surface area (Å²) >= 11 is 0. The number of rotatable bonds is 6. The van der Waals surface area contributed by atoms with E-state index in [9.17, 15) is 24.0 Å². The number of carbonyl (C=O) groups is 3. The van der Waals surface area contributed by atoms with E-state index < -0.39 is 53.5 Å². The van der Waals surface area contributed by atoms with Crippen molar-refractivity contribution in [3.8, 4) is 0 Å². The van der Waals surface area contributed by atoms with E-state index in [1.807, 2.05) is 0 Å². The summed E-state index contributed by atoms with van der Waals surface area (Å²) in [6, 6.07) is 0. The highest BCUT2D eigenvalue weighted by atomic mass is 16.6. The number of methoxy groups -OCH3 is 1. The third-order valence-electron chi connectivity index (χ3n) is 4.30. The van der Waals surface area contributed by atoms with Gasteiger partial charge in [0.2, 0.25) is 0 Å². The zero-order valence-corrected chi connectivity index (χ0v) is 15.9. The standard InChI is InChI=1S/C17H22N2O9/c1-8-6-19(17(24)18-15(8)23)16-14(27-10(3)21)11(5-13(22)25-4)12(28-16)7-26-9(2)20/h6,11-12,14,16H,5,7H2,1-4H3,(H,18,23,24)/t11-,12+,14+,16-/m1/s1. The van der Waals surface area contributed by atoms with Crippen LogP contribution in [0.3, 0.4) is 0 Å². The molecule has 28 heavy (non-hydrogen) atoms. The predicted molar refractivity (Wildman–Crippen MR) is 92.3 cm³/mol. The van der Waals surface area contributed by atoms with Crippen LogP contribution in [0, 0.1) is 12.8 Å². The summed E-state index contributed by atoms with van der Waals surface area (Å²) in [5, 5.41) is 0. The smallest absolute Gasteiger partial charge is 0.330 e. The lowest BCUT2D eigenvalue weighted by Gasteiger charge is -2.23. The number of hydrogen-bond acceptors (Lipinski definition) is 9. The van der Waals surface area contributed by atoms with Crippen molar-refractivity contribution in [2.24, 2.45) is 5.92 Å². The minimum atomic E-state index is -1.14. The van der Waals surface area contributed by atoms with Crippen LogP contribution in [-0.4, -0.2) is 53.4 Å². The van der Waals surface area contributed by atoms with Gasteiger partial charge in [0.15, 0.2) is 12.3 Å². The van der Waals surface area contributed by atoms with Crippen LogP contribution in [0.4, 0.5) is 0 Å². The summed E-state index contributed by atoms with van der Waals surface area (Å²) in [5.41, 5.74) is -1.11. The topological polar surface area (TPSA) is 143 Å². The fourth-order valence-electron chi connectivity index (χ4n) is 3.00. The number of hydrogen-bond donors (Lipinski definition) is 1. The van der Waals surface area contributed by atoms with Crippen LogP contribution in [0.5, 0.6) is 0 Å². The van der Waals surface area contributed by atoms with Crippen LogP contribution in [0.2, 0.25) is 0 Å². The average Bonchev–Trinajstić information content (AvgIpc) is 2.93. The van der Waals surface area contributed by atoms with Crippen LogP contribution < -0.4 is 11.2 Å². The van der Waals surface area contributed by atoms with Crippen molar-refractivity contribution in [1.82, 2.24) is 9.55 Å². The van der Waals surface area contributed by atoms with Gasteiger partial charge in [0.1, 0.15) is 12.7 Å². The van der Waals surface area contributed by atoms with Gasteiger partial charge >= 0.3 is 23.6 Å². The molecule has 0 spiro atoms. The SMILES string of the molecule is COC(=O)C[C@H]1[C@H](OC(C)=O)[C@H](n2cc(C)c(=O)[nH]c2=O)O[C@H]1COC(C)=O. The van der Waals surface area contributed by atoms with Gasteiger partial charge in [-0.2, -0.15) is 0 Å². The first-order chi connectivity index (χ1) is 13.1. The molecule has 1 saturated heterocycles. The highest BCUT2D eigenvalue weighted by Gasteiger charge is 2.49. The molecule has 2 heterocycles. The van der Waals surface area contributed by atoms with Gasteiger partial charge in [0, 0.05) is 31.5 Å². The molecule has 2 rings (SSSR count). The first-order valence-electron chi connectivity index (χ1n) is 8.49. The fourth-order valence-corrected chi connectivity index (χ4v) is 3.00. The number of nitrogens with zero attached hydrogens (tertiary/aromatic N) is 1. The Morgan fingerprint density at radius 1 is 1.21 bits per heavy atom. The maximum atomic E-state index is 12.3. The third kappa shape index (κ3) is 4.85. The molecule has 1 aliphatic rings. The van der Waals surface area contributed by atoms with Crippen LogP contribution >= 0.6 is 0 Å². The number of aromatic amines is 1. The molecule has 1 aliphatic heterocycles. The van der Waals surface area contributed by atoms with Crippen molar-refractivity contribution in [1.29, 1.82) is 0 Å². The van der Waals surface area contributed by atoms with Crippen molar-refractivity contribution in [3.63, 3.8) is 0 Å². The largest absolute Gasteiger partial charge is 0.469 e. The summed E-state index contributed by atoms with van der Waals surface area (Å²) in [7, 11) is 1.20. The minimum Gasteiger partial charge on any atom is -0.469 e. The molecule has 0 aromatic carbocycles. The summed E-state index contributed by atoms with van der Waals surface area (Å²) in [6.45, 7) is 3.66. The lowest BCUT2D eigenvalue weighted by Crippen LogP contribution is -2.39. The molecule has 4 atom stereocenters. The number of aryl methyl sites for hydroxylation is 1. The van der Waals surface area contributed by atoms with Crippen LogP contribution in [-0.2, 0) is 33.3 Å². The minimum absolute atomic E-state index is 0.200. The Hall–Kier alpha value is -2.95. The van der Waals surface area contributed by atoms with Crippen molar-refractivity contribution in [3.05, 3.63) is 32.6 Å². The molecule has 1 N–H and O–H groups in total. The summed E-state index contributed by atoms with van der Waals surface area (Å²) in [6.07, 6.45) is -1.97. The maximum Gasteiger partial charge on any atom is 0.330 e. The molecular weight excluding hydrogens is 376 g/mol. The lowest BCUT2D eigenvalue weighted by atomic mass is 9.94. The molecule has 0 aliphatic carbocycles. The van der Waals surface area contributed by atoms with Gasteiger partial charge in [-0.25, -0.2) is 4.79 Å². The summed E-state index contributed by atoms with van der Waals surface area (Å²) in [4.78, 5) is 60.7. The number of nitrogens with one attached hydrogen (secondary N) is 1. The quantitative estimate of drug-likeness (QED) is 0.491. The number of ether oxygens (including phenoxy) is 4. The highest BCUT2D eigenvalue weighted by molar-refractivity contribution is 5.70. The third-order valence-corrected chi connectivity index (χ3v) is 4.30. The van der Waals surface area contributed by atoms with Gasteiger partial charge in [-0.1, -0.05) is 0 Å². The molecule has 1 fully saturated rings. The normalized spacial score (nSPS) is 23.9. The molecule has 154 valence electrons. The van der Waals surface area contributed by atoms with E-state index in [0.29, 0.717) is 0 Å². The highest BCUT2D eigenvalue weighted by Crippen LogP contribution is 2.38. The van der Waals surface area contributed by atoms with Gasteiger partial charge in [-0.05, 0) is 6.92 Å². The zero-order valence-electron chi connectivity index (χ0n) is 15.9. The maximum absolute atomic E-state index is 12.3. The van der Waals surface area contributed by atoms with Gasteiger partial charge in [0.05, 0.1) is 13.5 Å². The number of H-pyrrole nitrogens is 1. The van der Waals surface area contributed by atoms with Crippen molar-refractivity contribution in [2.75, 3.05) is 13.7 Å². The van der Waals surface area contributed by atoms with E-state index in [0.717, 1.165) is 4.57 Å². The second kappa shape index (κ2) is 8.83. The molecule has 11 heteroatoms. The number of aromatic nitrogens is 2. The van der Waals surface area contributed by atoms with E-state index in [2.05, 4.69) is 9.72 Å². The van der Waals surface area contributed by atoms with E-state index >= 15 is 0 Å². The Labute approximate surface area is 159 Å². The Morgan fingerprint density at radius 3 is 2.46 bits per heavy atom. The second-order valence-electron chi connectivity index (χ2n) is 6.36. The first kappa shape index (κ1) is 21.4. The summed E-state index contributed by atoms with van der Waals surface area (Å²) in [5.74, 6) is -2.56. The van der Waals surface area contributed by atoms with Crippen LogP contribution in [0.25, 0.3) is 0 Å². The molecule has 0 saturated carbocycles. The fraction of sp³-hybridized carbons (Fsp3) is 0.588. The molecule has 0 unspecified atom stereocenters. The van der Waals surface area contributed by atoms with E-state index in [1.165, 1.54) is 34.1 Å². The molecule has 1 aromatic heterocycles. The molecule has 1 aromatic rings. The Morgan fingerprint density at radius 2 is 1.89 bits per heavy atom. The van der Waals surface area contributed by atoms with Gasteiger partial charge in [-0.15, -0.1) is 0 Å². The first-order valence-corrected chi connectivity index (χ1v) is 8.49. The average molecular weight is 398 g/mol. The zero-order chi connectivity index (χ0) is 21.0. The van der Waals surface area contributed by atoms with Crippen LogP contribution in [0.15, 0.2) is 15.8 Å². The molecule has 0 amide bonds. The molecule has 0 bridgehead atoms. The number of esters is 3. The monoisotopic (exact) mass is 398 g/mol. The Kier molecular flexibility index (Phi) is 6.73. The van der Waals surface area contributed by atoms with Crippen molar-refractivity contribution < 1.29 is 33.3 Å². The van der Waals surface area contributed by atoms with E-state index in [-0.39, 0.29) is 18.6 Å². The summed E-state index contributed by atoms with van der Waals surface area (Å²) < 4.78 is 21.9. The number of carbonyl (C=O) groups excluding carboxylic acids is 3. The van der Waals surface area contributed by atoms with Crippen LogP contribution in [0.1, 0.15) is 32.1 Å². The molecular formula is C17H22N2O9. The van der Waals surface area contributed by atoms with Gasteiger partial charge in [-0.3, -0.25) is 28.7 Å².